The van der Waals surface area contributed by atoms with Crippen LogP contribution in [0.2, 0.25) is 0 Å². The van der Waals surface area contributed by atoms with Crippen molar-refractivity contribution in [3.05, 3.63) is 58.1 Å². The van der Waals surface area contributed by atoms with Gasteiger partial charge in [0.1, 0.15) is 5.52 Å². The highest BCUT2D eigenvalue weighted by Gasteiger charge is 2.21. The summed E-state index contributed by atoms with van der Waals surface area (Å²) in [6.45, 7) is 13.3. The molecule has 0 N–H and O–H groups in total. The van der Waals surface area contributed by atoms with E-state index in [1.54, 1.807) is 0 Å². The van der Waals surface area contributed by atoms with Gasteiger partial charge in [0.25, 0.3) is 0 Å². The molecule has 0 bridgehead atoms. The molecule has 3 aromatic rings. The largest absolute Gasteiger partial charge is 0.242 e. The molecule has 2 nitrogen and oxygen atoms in total. The number of rotatable bonds is 3. The van der Waals surface area contributed by atoms with E-state index >= 15 is 0 Å². The Labute approximate surface area is 151 Å². The summed E-state index contributed by atoms with van der Waals surface area (Å²) in [7, 11) is 2.06. The Morgan fingerprint density at radius 1 is 0.960 bits per heavy atom. The van der Waals surface area contributed by atoms with Crippen LogP contribution in [-0.4, -0.2) is 5.10 Å². The second-order valence-corrected chi connectivity index (χ2v) is 7.80. The first kappa shape index (κ1) is 17.6. The molecular weight excluding hydrogens is 304 g/mol. The molecule has 0 fully saturated rings. The van der Waals surface area contributed by atoms with E-state index in [1.807, 2.05) is 4.68 Å². The normalized spacial score (nSPS) is 11.5. The van der Waals surface area contributed by atoms with E-state index in [0.29, 0.717) is 5.92 Å². The molecule has 0 aliphatic rings. The summed E-state index contributed by atoms with van der Waals surface area (Å²) in [5, 5.41) is 6.12. The van der Waals surface area contributed by atoms with Crippen LogP contribution in [0.5, 0.6) is 0 Å². The molecule has 0 saturated heterocycles. The molecule has 0 unspecified atom stereocenters. The average Bonchev–Trinajstić information content (AvgIpc) is 2.52. The molecule has 0 spiro atoms. The molecule has 3 rings (SSSR count). The van der Waals surface area contributed by atoms with Crippen molar-refractivity contribution < 1.29 is 4.68 Å². The minimum absolute atomic E-state index is 0.659. The Kier molecular flexibility index (Phi) is 4.64. The lowest BCUT2D eigenvalue weighted by Crippen LogP contribution is -2.37. The Morgan fingerprint density at radius 3 is 2.36 bits per heavy atom. The fourth-order valence-corrected chi connectivity index (χ4v) is 3.81. The van der Waals surface area contributed by atoms with Gasteiger partial charge < -0.3 is 0 Å². The maximum Gasteiger partial charge on any atom is 0.242 e. The molecule has 0 aliphatic carbocycles. The van der Waals surface area contributed by atoms with Gasteiger partial charge >= 0.3 is 0 Å². The van der Waals surface area contributed by atoms with Gasteiger partial charge in [-0.05, 0) is 74.9 Å². The van der Waals surface area contributed by atoms with Crippen LogP contribution in [0.1, 0.15) is 41.7 Å². The van der Waals surface area contributed by atoms with Crippen LogP contribution in [0.3, 0.4) is 0 Å². The van der Waals surface area contributed by atoms with Crippen molar-refractivity contribution in [1.29, 1.82) is 0 Å². The van der Waals surface area contributed by atoms with Gasteiger partial charge in [0.05, 0.1) is 5.56 Å². The van der Waals surface area contributed by atoms with Crippen molar-refractivity contribution in [3.8, 4) is 11.3 Å². The first-order valence-electron chi connectivity index (χ1n) is 9.15. The van der Waals surface area contributed by atoms with E-state index in [2.05, 4.69) is 78.9 Å². The number of nitrogens with zero attached hydrogens (tertiary/aromatic N) is 2. The molecule has 130 valence electrons. The molecule has 0 radical (unpaired) electrons. The summed E-state index contributed by atoms with van der Waals surface area (Å²) in [6.07, 6.45) is 1.11. The van der Waals surface area contributed by atoms with Crippen LogP contribution in [0, 0.1) is 33.6 Å². The van der Waals surface area contributed by atoms with E-state index in [0.717, 1.165) is 11.9 Å². The van der Waals surface area contributed by atoms with Gasteiger partial charge in [-0.3, -0.25) is 0 Å². The molecule has 0 saturated carbocycles. The van der Waals surface area contributed by atoms with Crippen LogP contribution in [0.4, 0.5) is 0 Å². The molecule has 1 heterocycles. The second-order valence-electron chi connectivity index (χ2n) is 7.80. The Balaban J connectivity index is 2.29. The standard InChI is InChI=1S/C23H29N2/c1-14(2)10-19-8-9-22-20(13-19)18(6)23(25(7)24-22)21-12-15(3)11-16(4)17(21)5/h8-9,11-14H,10H2,1-7H3/q+1. The van der Waals surface area contributed by atoms with Gasteiger partial charge in [0, 0.05) is 16.0 Å². The SMILES string of the molecule is Cc1cc(C)c(C)c(-c2c(C)c3cc(CC(C)C)ccc3n[n+]2C)c1. The molecule has 0 atom stereocenters. The minimum atomic E-state index is 0.659. The zero-order valence-corrected chi connectivity index (χ0v) is 16.6. The minimum Gasteiger partial charge on any atom is -0.0856 e. The van der Waals surface area contributed by atoms with Crippen LogP contribution in [0.25, 0.3) is 22.2 Å². The lowest BCUT2D eigenvalue weighted by atomic mass is 9.93. The van der Waals surface area contributed by atoms with E-state index in [-0.39, 0.29) is 0 Å². The van der Waals surface area contributed by atoms with Crippen LogP contribution in [0.15, 0.2) is 30.3 Å². The molecular formula is C23H29N2+. The Hall–Kier alpha value is -2.22. The van der Waals surface area contributed by atoms with E-state index in [1.165, 1.54) is 44.5 Å². The second kappa shape index (κ2) is 6.59. The first-order chi connectivity index (χ1) is 11.8. The highest BCUT2D eigenvalue weighted by atomic mass is 15.2. The molecule has 1 aromatic heterocycles. The van der Waals surface area contributed by atoms with Crippen molar-refractivity contribution in [1.82, 2.24) is 5.10 Å². The smallest absolute Gasteiger partial charge is 0.0856 e. The topological polar surface area (TPSA) is 16.8 Å². The predicted molar refractivity (Wildman–Crippen MR) is 106 cm³/mol. The highest BCUT2D eigenvalue weighted by molar-refractivity contribution is 5.86. The average molecular weight is 333 g/mol. The zero-order chi connectivity index (χ0) is 18.3. The number of fused-ring (bicyclic) bond motifs is 1. The Morgan fingerprint density at radius 2 is 1.68 bits per heavy atom. The van der Waals surface area contributed by atoms with Crippen LogP contribution >= 0.6 is 0 Å². The van der Waals surface area contributed by atoms with E-state index < -0.39 is 0 Å². The van der Waals surface area contributed by atoms with Gasteiger partial charge in [0.15, 0.2) is 7.05 Å². The summed E-state index contributed by atoms with van der Waals surface area (Å²) >= 11 is 0. The monoisotopic (exact) mass is 333 g/mol. The van der Waals surface area contributed by atoms with Crippen molar-refractivity contribution in [2.24, 2.45) is 13.0 Å². The first-order valence-corrected chi connectivity index (χ1v) is 9.15. The number of aryl methyl sites for hydroxylation is 4. The van der Waals surface area contributed by atoms with E-state index in [4.69, 9.17) is 5.10 Å². The maximum absolute atomic E-state index is 4.85. The third kappa shape index (κ3) is 3.30. The summed E-state index contributed by atoms with van der Waals surface area (Å²) < 4.78 is 2.04. The fraction of sp³-hybridized carbons (Fsp3) is 0.391. The fourth-order valence-electron chi connectivity index (χ4n) is 3.81. The third-order valence-electron chi connectivity index (χ3n) is 5.11. The molecule has 0 amide bonds. The molecule has 2 heteroatoms. The molecule has 2 aromatic carbocycles. The number of hydrogen-bond donors (Lipinski definition) is 0. The Bertz CT molecular complexity index is 952. The number of aromatic nitrogens is 2. The lowest BCUT2D eigenvalue weighted by Gasteiger charge is -2.12. The summed E-state index contributed by atoms with van der Waals surface area (Å²) in [5.74, 6) is 0.659. The van der Waals surface area contributed by atoms with Crippen LogP contribution < -0.4 is 4.68 Å². The van der Waals surface area contributed by atoms with Crippen molar-refractivity contribution in [3.63, 3.8) is 0 Å². The maximum atomic E-state index is 4.85. The molecule has 0 aliphatic heterocycles. The number of hydrogen-bond acceptors (Lipinski definition) is 1. The third-order valence-corrected chi connectivity index (χ3v) is 5.11. The number of benzene rings is 2. The highest BCUT2D eigenvalue weighted by Crippen LogP contribution is 2.30. The van der Waals surface area contributed by atoms with Crippen molar-refractivity contribution >= 4 is 10.9 Å². The van der Waals surface area contributed by atoms with E-state index in [9.17, 15) is 0 Å². The van der Waals surface area contributed by atoms with Gasteiger partial charge in [-0.1, -0.05) is 36.2 Å². The van der Waals surface area contributed by atoms with Gasteiger partial charge in [-0.2, -0.15) is 0 Å². The van der Waals surface area contributed by atoms with Crippen molar-refractivity contribution in [2.75, 3.05) is 0 Å². The predicted octanol–water partition coefficient (Wildman–Crippen LogP) is 5.16. The lowest BCUT2D eigenvalue weighted by molar-refractivity contribution is -0.718. The summed E-state index contributed by atoms with van der Waals surface area (Å²) in [5.41, 5.74) is 10.3. The quantitative estimate of drug-likeness (QED) is 0.605. The zero-order valence-electron chi connectivity index (χ0n) is 16.6. The van der Waals surface area contributed by atoms with Gasteiger partial charge in [-0.25, -0.2) is 0 Å². The van der Waals surface area contributed by atoms with Gasteiger partial charge in [-0.15, -0.1) is 0 Å². The van der Waals surface area contributed by atoms with Gasteiger partial charge in [0.2, 0.25) is 5.69 Å². The molecule has 25 heavy (non-hydrogen) atoms. The van der Waals surface area contributed by atoms with Crippen LogP contribution in [-0.2, 0) is 13.5 Å². The summed E-state index contributed by atoms with van der Waals surface area (Å²) in [6, 6.07) is 11.3. The van der Waals surface area contributed by atoms with Crippen molar-refractivity contribution in [2.45, 2.75) is 48.0 Å². The summed E-state index contributed by atoms with van der Waals surface area (Å²) in [4.78, 5) is 0.